The summed E-state index contributed by atoms with van der Waals surface area (Å²) in [5.41, 5.74) is 1.69. The quantitative estimate of drug-likeness (QED) is 0.707. The zero-order valence-corrected chi connectivity index (χ0v) is 16.1. The molecule has 1 aromatic rings. The predicted molar refractivity (Wildman–Crippen MR) is 99.2 cm³/mol. The van der Waals surface area contributed by atoms with Gasteiger partial charge in [-0.25, -0.2) is 9.97 Å². The van der Waals surface area contributed by atoms with Gasteiger partial charge in [0, 0.05) is 49.4 Å². The van der Waals surface area contributed by atoms with E-state index in [1.165, 1.54) is 0 Å². The van der Waals surface area contributed by atoms with Gasteiger partial charge >= 0.3 is 0 Å². The number of nitrogens with zero attached hydrogens (tertiary/aromatic N) is 3. The van der Waals surface area contributed by atoms with E-state index in [9.17, 15) is 9.59 Å². The van der Waals surface area contributed by atoms with Crippen molar-refractivity contribution in [3.05, 3.63) is 17.1 Å². The van der Waals surface area contributed by atoms with Crippen molar-refractivity contribution in [1.29, 1.82) is 0 Å². The Hall–Kier alpha value is -2.22. The number of nitrogens with one attached hydrogen (secondary N) is 3. The van der Waals surface area contributed by atoms with E-state index in [0.717, 1.165) is 36.6 Å². The first kappa shape index (κ1) is 18.6. The standard InChI is InChI=1S/C18H28N6O2/c1-10-11(2)21-14(17(26)19-5)23-15(10)24-7-6-12(8-24)22-13-16(25)20-9-18(13,3)4/h12-13,22H,6-9H2,1-5H3,(H,19,26)(H,20,25)/t12-,13?/m1/s1. The Morgan fingerprint density at radius 2 is 2.04 bits per heavy atom. The molecule has 2 aliphatic heterocycles. The molecule has 3 N–H and O–H groups in total. The molecule has 0 saturated carbocycles. The molecule has 2 fully saturated rings. The Bertz CT molecular complexity index is 733. The van der Waals surface area contributed by atoms with Crippen LogP contribution >= 0.6 is 0 Å². The van der Waals surface area contributed by atoms with Crippen LogP contribution < -0.4 is 20.9 Å². The molecule has 8 nitrogen and oxygen atoms in total. The van der Waals surface area contributed by atoms with Crippen LogP contribution in [0.15, 0.2) is 0 Å². The van der Waals surface area contributed by atoms with Crippen molar-refractivity contribution in [2.75, 3.05) is 31.6 Å². The number of hydrogen-bond donors (Lipinski definition) is 3. The van der Waals surface area contributed by atoms with Crippen molar-refractivity contribution in [1.82, 2.24) is 25.9 Å². The number of hydrogen-bond acceptors (Lipinski definition) is 6. The van der Waals surface area contributed by atoms with Crippen molar-refractivity contribution >= 4 is 17.6 Å². The van der Waals surface area contributed by atoms with Gasteiger partial charge in [-0.15, -0.1) is 0 Å². The maximum Gasteiger partial charge on any atom is 0.288 e. The molecular weight excluding hydrogens is 332 g/mol. The van der Waals surface area contributed by atoms with Gasteiger partial charge in [0.2, 0.25) is 11.7 Å². The van der Waals surface area contributed by atoms with Gasteiger partial charge in [0.25, 0.3) is 5.91 Å². The van der Waals surface area contributed by atoms with Gasteiger partial charge in [-0.2, -0.15) is 0 Å². The van der Waals surface area contributed by atoms with E-state index in [-0.39, 0.29) is 35.1 Å². The highest BCUT2D eigenvalue weighted by Crippen LogP contribution is 2.28. The zero-order chi connectivity index (χ0) is 19.1. The molecule has 0 aliphatic carbocycles. The molecule has 8 heteroatoms. The van der Waals surface area contributed by atoms with Gasteiger partial charge < -0.3 is 20.9 Å². The third-order valence-corrected chi connectivity index (χ3v) is 5.45. The molecule has 0 radical (unpaired) electrons. The molecule has 3 heterocycles. The van der Waals surface area contributed by atoms with Crippen LogP contribution in [0, 0.1) is 19.3 Å². The molecule has 3 rings (SSSR count). The molecule has 142 valence electrons. The van der Waals surface area contributed by atoms with Gasteiger partial charge in [-0.3, -0.25) is 9.59 Å². The minimum Gasteiger partial charge on any atom is -0.355 e. The van der Waals surface area contributed by atoms with Crippen molar-refractivity contribution in [3.63, 3.8) is 0 Å². The summed E-state index contributed by atoms with van der Waals surface area (Å²) in [6.45, 7) is 10.4. The normalized spacial score (nSPS) is 24.7. The predicted octanol–water partition coefficient (Wildman–Crippen LogP) is 0.146. The van der Waals surface area contributed by atoms with E-state index in [2.05, 4.69) is 44.7 Å². The van der Waals surface area contributed by atoms with Crippen LogP contribution in [-0.4, -0.2) is 60.5 Å². The second-order valence-corrected chi connectivity index (χ2v) is 7.90. The lowest BCUT2D eigenvalue weighted by Crippen LogP contribution is -2.49. The second kappa shape index (κ2) is 6.83. The Morgan fingerprint density at radius 1 is 1.31 bits per heavy atom. The Morgan fingerprint density at radius 3 is 2.65 bits per heavy atom. The minimum atomic E-state index is -0.285. The van der Waals surface area contributed by atoms with Crippen LogP contribution in [-0.2, 0) is 4.79 Å². The van der Waals surface area contributed by atoms with E-state index in [0.29, 0.717) is 6.54 Å². The monoisotopic (exact) mass is 360 g/mol. The fraction of sp³-hybridized carbons (Fsp3) is 0.667. The van der Waals surface area contributed by atoms with Crippen LogP contribution in [0.5, 0.6) is 0 Å². The first-order valence-electron chi connectivity index (χ1n) is 9.09. The van der Waals surface area contributed by atoms with Crippen molar-refractivity contribution in [2.24, 2.45) is 5.41 Å². The third-order valence-electron chi connectivity index (χ3n) is 5.45. The lowest BCUT2D eigenvalue weighted by Gasteiger charge is -2.28. The Labute approximate surface area is 154 Å². The van der Waals surface area contributed by atoms with Gasteiger partial charge in [0.15, 0.2) is 0 Å². The van der Waals surface area contributed by atoms with Crippen molar-refractivity contribution in [2.45, 2.75) is 46.2 Å². The van der Waals surface area contributed by atoms with E-state index < -0.39 is 0 Å². The van der Waals surface area contributed by atoms with Crippen molar-refractivity contribution in [3.8, 4) is 0 Å². The number of carbonyl (C=O) groups excluding carboxylic acids is 2. The molecule has 0 bridgehead atoms. The summed E-state index contributed by atoms with van der Waals surface area (Å²) in [4.78, 5) is 35.0. The fourth-order valence-corrected chi connectivity index (χ4v) is 3.63. The van der Waals surface area contributed by atoms with Crippen LogP contribution in [0.1, 0.15) is 42.1 Å². The molecule has 1 unspecified atom stereocenters. The highest BCUT2D eigenvalue weighted by molar-refractivity contribution is 5.90. The molecule has 26 heavy (non-hydrogen) atoms. The second-order valence-electron chi connectivity index (χ2n) is 7.90. The van der Waals surface area contributed by atoms with Crippen LogP contribution in [0.4, 0.5) is 5.82 Å². The number of carbonyl (C=O) groups is 2. The van der Waals surface area contributed by atoms with Gasteiger partial charge in [0.1, 0.15) is 5.82 Å². The summed E-state index contributed by atoms with van der Waals surface area (Å²) in [6, 6.07) is 0.0309. The number of aromatic nitrogens is 2. The summed E-state index contributed by atoms with van der Waals surface area (Å²) >= 11 is 0. The van der Waals surface area contributed by atoms with Crippen molar-refractivity contribution < 1.29 is 9.59 Å². The molecule has 0 aromatic carbocycles. The molecular formula is C18H28N6O2. The van der Waals surface area contributed by atoms with Crippen LogP contribution in [0.2, 0.25) is 0 Å². The first-order chi connectivity index (χ1) is 12.2. The molecule has 2 aliphatic rings. The highest BCUT2D eigenvalue weighted by atomic mass is 16.2. The van der Waals surface area contributed by atoms with Gasteiger partial charge in [-0.05, 0) is 20.3 Å². The lowest BCUT2D eigenvalue weighted by molar-refractivity contribution is -0.121. The summed E-state index contributed by atoms with van der Waals surface area (Å²) in [5.74, 6) is 0.783. The van der Waals surface area contributed by atoms with E-state index >= 15 is 0 Å². The Kier molecular flexibility index (Phi) is 4.88. The minimum absolute atomic E-state index is 0.0735. The zero-order valence-electron chi connectivity index (χ0n) is 16.1. The largest absolute Gasteiger partial charge is 0.355 e. The van der Waals surface area contributed by atoms with Crippen LogP contribution in [0.3, 0.4) is 0 Å². The lowest BCUT2D eigenvalue weighted by atomic mass is 9.87. The van der Waals surface area contributed by atoms with E-state index in [4.69, 9.17) is 0 Å². The topological polar surface area (TPSA) is 99.3 Å². The maximum atomic E-state index is 12.1. The molecule has 2 saturated heterocycles. The smallest absolute Gasteiger partial charge is 0.288 e. The van der Waals surface area contributed by atoms with Crippen LogP contribution in [0.25, 0.3) is 0 Å². The molecule has 0 spiro atoms. The van der Waals surface area contributed by atoms with E-state index in [1.807, 2.05) is 13.8 Å². The summed E-state index contributed by atoms with van der Waals surface area (Å²) in [5, 5.41) is 9.04. The average Bonchev–Trinajstić information content (AvgIpc) is 3.16. The highest BCUT2D eigenvalue weighted by Gasteiger charge is 2.43. The van der Waals surface area contributed by atoms with E-state index in [1.54, 1.807) is 7.05 Å². The van der Waals surface area contributed by atoms with Gasteiger partial charge in [-0.1, -0.05) is 13.8 Å². The third kappa shape index (κ3) is 3.38. The average molecular weight is 360 g/mol. The first-order valence-corrected chi connectivity index (χ1v) is 9.09. The molecule has 1 aromatic heterocycles. The summed E-state index contributed by atoms with van der Waals surface area (Å²) in [6.07, 6.45) is 0.928. The fourth-order valence-electron chi connectivity index (χ4n) is 3.63. The number of anilines is 1. The Balaban J connectivity index is 1.76. The van der Waals surface area contributed by atoms with Gasteiger partial charge in [0.05, 0.1) is 6.04 Å². The summed E-state index contributed by atoms with van der Waals surface area (Å²) in [7, 11) is 1.57. The number of amides is 2. The number of aryl methyl sites for hydroxylation is 1. The maximum absolute atomic E-state index is 12.1. The summed E-state index contributed by atoms with van der Waals surface area (Å²) < 4.78 is 0. The number of rotatable bonds is 4. The molecule has 2 atom stereocenters. The molecule has 2 amide bonds. The SMILES string of the molecule is CNC(=O)c1nc(C)c(C)c(N2CC[C@@H](NC3C(=O)NCC3(C)C)C2)n1.